The number of rotatable bonds is 4. The highest BCUT2D eigenvalue weighted by atomic mass is 16.5. The lowest BCUT2D eigenvalue weighted by Gasteiger charge is -2.18. The highest BCUT2D eigenvalue weighted by Gasteiger charge is 2.12. The number of amides is 2. The average molecular weight is 250 g/mol. The molecule has 0 fully saturated rings. The molecule has 1 unspecified atom stereocenters. The molecule has 4 heteroatoms. The number of anilines is 1. The van der Waals surface area contributed by atoms with Gasteiger partial charge in [0.05, 0.1) is 6.10 Å². The van der Waals surface area contributed by atoms with Gasteiger partial charge in [-0.25, -0.2) is 4.79 Å². The molecule has 4 nitrogen and oxygen atoms in total. The van der Waals surface area contributed by atoms with E-state index in [1.54, 1.807) is 21.2 Å². The molecule has 0 bridgehead atoms. The van der Waals surface area contributed by atoms with Gasteiger partial charge in [0, 0.05) is 26.9 Å². The Morgan fingerprint density at radius 3 is 2.56 bits per heavy atom. The fourth-order valence-electron chi connectivity index (χ4n) is 1.86. The second-order valence-corrected chi connectivity index (χ2v) is 4.53. The minimum absolute atomic E-state index is 0.114. The molecule has 0 aromatic heterocycles. The van der Waals surface area contributed by atoms with Crippen molar-refractivity contribution in [3.05, 3.63) is 29.3 Å². The minimum Gasteiger partial charge on any atom is -0.377 e. The molecule has 0 radical (unpaired) electrons. The van der Waals surface area contributed by atoms with E-state index in [0.717, 1.165) is 17.7 Å². The van der Waals surface area contributed by atoms with E-state index in [4.69, 9.17) is 4.74 Å². The van der Waals surface area contributed by atoms with Crippen LogP contribution >= 0.6 is 0 Å². The topological polar surface area (TPSA) is 41.6 Å². The Balaban J connectivity index is 2.88. The van der Waals surface area contributed by atoms with Crippen molar-refractivity contribution in [1.82, 2.24) is 4.90 Å². The molecule has 2 amide bonds. The number of hydrogen-bond acceptors (Lipinski definition) is 2. The Hall–Kier alpha value is -1.55. The molecule has 0 saturated heterocycles. The van der Waals surface area contributed by atoms with Crippen LogP contribution in [0.4, 0.5) is 10.5 Å². The van der Waals surface area contributed by atoms with Crippen LogP contribution in [-0.4, -0.2) is 32.1 Å². The van der Waals surface area contributed by atoms with Gasteiger partial charge < -0.3 is 15.0 Å². The van der Waals surface area contributed by atoms with Crippen LogP contribution in [0.1, 0.15) is 30.6 Å². The third-order valence-corrected chi connectivity index (χ3v) is 2.93. The minimum atomic E-state index is -0.124. The lowest BCUT2D eigenvalue weighted by Crippen LogP contribution is -2.27. The van der Waals surface area contributed by atoms with E-state index >= 15 is 0 Å². The Kier molecular flexibility index (Phi) is 5.16. The summed E-state index contributed by atoms with van der Waals surface area (Å²) in [4.78, 5) is 13.1. The molecular formula is C14H22N2O2. The van der Waals surface area contributed by atoms with Crippen LogP contribution in [0.2, 0.25) is 0 Å². The molecule has 0 aliphatic heterocycles. The summed E-state index contributed by atoms with van der Waals surface area (Å²) in [6.45, 7) is 4.12. The molecule has 18 heavy (non-hydrogen) atoms. The van der Waals surface area contributed by atoms with Crippen molar-refractivity contribution in [2.75, 3.05) is 26.5 Å². The van der Waals surface area contributed by atoms with Crippen molar-refractivity contribution in [3.63, 3.8) is 0 Å². The zero-order chi connectivity index (χ0) is 13.7. The van der Waals surface area contributed by atoms with Crippen LogP contribution in [0.25, 0.3) is 0 Å². The van der Waals surface area contributed by atoms with Crippen molar-refractivity contribution in [2.24, 2.45) is 0 Å². The van der Waals surface area contributed by atoms with Crippen LogP contribution < -0.4 is 5.32 Å². The van der Waals surface area contributed by atoms with Gasteiger partial charge in [-0.2, -0.15) is 0 Å². The van der Waals surface area contributed by atoms with Crippen molar-refractivity contribution in [3.8, 4) is 0 Å². The zero-order valence-corrected chi connectivity index (χ0v) is 11.8. The molecule has 0 spiro atoms. The number of nitrogens with zero attached hydrogens (tertiary/aromatic N) is 1. The van der Waals surface area contributed by atoms with Gasteiger partial charge in [0.1, 0.15) is 0 Å². The third kappa shape index (κ3) is 3.47. The summed E-state index contributed by atoms with van der Waals surface area (Å²) in [6.07, 6.45) is 1.05. The predicted molar refractivity (Wildman–Crippen MR) is 73.9 cm³/mol. The second kappa shape index (κ2) is 6.40. The fourth-order valence-corrected chi connectivity index (χ4v) is 1.86. The van der Waals surface area contributed by atoms with E-state index in [0.29, 0.717) is 0 Å². The van der Waals surface area contributed by atoms with Crippen LogP contribution in [0.15, 0.2) is 18.2 Å². The molecular weight excluding hydrogens is 228 g/mol. The van der Waals surface area contributed by atoms with Gasteiger partial charge in [-0.1, -0.05) is 13.0 Å². The lowest BCUT2D eigenvalue weighted by molar-refractivity contribution is 0.0995. The van der Waals surface area contributed by atoms with Gasteiger partial charge in [-0.3, -0.25) is 0 Å². The Labute approximate surface area is 109 Å². The summed E-state index contributed by atoms with van der Waals surface area (Å²) in [5.74, 6) is 0. The monoisotopic (exact) mass is 250 g/mol. The number of aryl methyl sites for hydroxylation is 1. The smallest absolute Gasteiger partial charge is 0.321 e. The quantitative estimate of drug-likeness (QED) is 0.891. The number of ether oxygens (including phenoxy) is 1. The van der Waals surface area contributed by atoms with E-state index < -0.39 is 0 Å². The van der Waals surface area contributed by atoms with Crippen molar-refractivity contribution < 1.29 is 9.53 Å². The number of hydrogen-bond donors (Lipinski definition) is 1. The number of methoxy groups -OCH3 is 1. The molecule has 1 N–H and O–H groups in total. The predicted octanol–water partition coefficient (Wildman–Crippen LogP) is 3.19. The van der Waals surface area contributed by atoms with Gasteiger partial charge >= 0.3 is 6.03 Å². The summed E-state index contributed by atoms with van der Waals surface area (Å²) >= 11 is 0. The third-order valence-electron chi connectivity index (χ3n) is 2.93. The summed E-state index contributed by atoms with van der Waals surface area (Å²) in [5, 5.41) is 2.83. The summed E-state index contributed by atoms with van der Waals surface area (Å²) in [6, 6.07) is 5.77. The molecule has 0 aliphatic rings. The SMILES string of the molecule is CCC(OC)c1ccc(NC(=O)N(C)C)cc1C. The summed E-state index contributed by atoms with van der Waals surface area (Å²) < 4.78 is 5.43. The maximum absolute atomic E-state index is 11.5. The van der Waals surface area contributed by atoms with Gasteiger partial charge in [0.15, 0.2) is 0 Å². The molecule has 0 aliphatic carbocycles. The number of benzene rings is 1. The van der Waals surface area contributed by atoms with Crippen LogP contribution in [0.3, 0.4) is 0 Å². The zero-order valence-electron chi connectivity index (χ0n) is 11.8. The van der Waals surface area contributed by atoms with Crippen molar-refractivity contribution in [1.29, 1.82) is 0 Å². The summed E-state index contributed by atoms with van der Waals surface area (Å²) in [5.41, 5.74) is 3.10. The first-order valence-corrected chi connectivity index (χ1v) is 6.11. The van der Waals surface area contributed by atoms with Crippen molar-refractivity contribution >= 4 is 11.7 Å². The van der Waals surface area contributed by atoms with Crippen LogP contribution in [0, 0.1) is 6.92 Å². The molecule has 1 rings (SSSR count). The van der Waals surface area contributed by atoms with E-state index in [1.807, 2.05) is 25.1 Å². The fraction of sp³-hybridized carbons (Fsp3) is 0.500. The number of carbonyl (C=O) groups excluding carboxylic acids is 1. The molecule has 1 aromatic rings. The maximum atomic E-state index is 11.5. The first-order chi connectivity index (χ1) is 8.49. The highest BCUT2D eigenvalue weighted by Crippen LogP contribution is 2.25. The van der Waals surface area contributed by atoms with Crippen LogP contribution in [0.5, 0.6) is 0 Å². The van der Waals surface area contributed by atoms with Gasteiger partial charge in [-0.05, 0) is 36.6 Å². The van der Waals surface area contributed by atoms with E-state index in [-0.39, 0.29) is 12.1 Å². The maximum Gasteiger partial charge on any atom is 0.321 e. The molecule has 100 valence electrons. The van der Waals surface area contributed by atoms with E-state index in [1.165, 1.54) is 10.5 Å². The normalized spacial score (nSPS) is 12.1. The molecule has 0 heterocycles. The molecule has 1 atom stereocenters. The molecule has 1 aromatic carbocycles. The lowest BCUT2D eigenvalue weighted by atomic mass is 10.0. The summed E-state index contributed by atoms with van der Waals surface area (Å²) in [7, 11) is 5.15. The Morgan fingerprint density at radius 1 is 1.44 bits per heavy atom. The van der Waals surface area contributed by atoms with E-state index in [2.05, 4.69) is 12.2 Å². The van der Waals surface area contributed by atoms with Crippen LogP contribution in [-0.2, 0) is 4.74 Å². The highest BCUT2D eigenvalue weighted by molar-refractivity contribution is 5.89. The standard InChI is InChI=1S/C14H22N2O2/c1-6-13(18-5)12-8-7-11(9-10(12)2)15-14(17)16(3)4/h7-9,13H,6H2,1-5H3,(H,15,17). The first kappa shape index (κ1) is 14.5. The largest absolute Gasteiger partial charge is 0.377 e. The Bertz CT molecular complexity index is 412. The Morgan fingerprint density at radius 2 is 2.11 bits per heavy atom. The second-order valence-electron chi connectivity index (χ2n) is 4.53. The van der Waals surface area contributed by atoms with Gasteiger partial charge in [-0.15, -0.1) is 0 Å². The number of urea groups is 1. The van der Waals surface area contributed by atoms with E-state index in [9.17, 15) is 4.79 Å². The average Bonchev–Trinajstić information content (AvgIpc) is 2.33. The first-order valence-electron chi connectivity index (χ1n) is 6.11. The molecule has 0 saturated carbocycles. The van der Waals surface area contributed by atoms with Gasteiger partial charge in [0.25, 0.3) is 0 Å². The number of carbonyl (C=O) groups is 1. The van der Waals surface area contributed by atoms with Crippen molar-refractivity contribution in [2.45, 2.75) is 26.4 Å². The van der Waals surface area contributed by atoms with Gasteiger partial charge in [0.2, 0.25) is 0 Å². The number of nitrogens with one attached hydrogen (secondary N) is 1.